The normalized spacial score (nSPS) is 11.7. The number of nitrogens with zero attached hydrogens (tertiary/aromatic N) is 6. The van der Waals surface area contributed by atoms with Crippen LogP contribution in [0, 0.1) is 13.8 Å². The predicted octanol–water partition coefficient (Wildman–Crippen LogP) is 2.73. The molecule has 0 amide bonds. The molecule has 140 valence electrons. The Morgan fingerprint density at radius 2 is 2.07 bits per heavy atom. The highest BCUT2D eigenvalue weighted by Crippen LogP contribution is 2.27. The third-order valence-corrected chi connectivity index (χ3v) is 4.78. The van der Waals surface area contributed by atoms with Gasteiger partial charge < -0.3 is 9.51 Å². The van der Waals surface area contributed by atoms with Crippen LogP contribution in [0.25, 0.3) is 39.3 Å². The summed E-state index contributed by atoms with van der Waals surface area (Å²) < 4.78 is 8.56. The molecule has 5 aromatic rings. The van der Waals surface area contributed by atoms with E-state index in [1.165, 1.54) is 10.6 Å². The van der Waals surface area contributed by atoms with Crippen LogP contribution in [0.5, 0.6) is 0 Å². The molecule has 0 aliphatic heterocycles. The van der Waals surface area contributed by atoms with Crippen molar-refractivity contribution in [1.82, 2.24) is 34.5 Å². The van der Waals surface area contributed by atoms with Crippen molar-refractivity contribution in [3.8, 4) is 22.7 Å². The number of benzene rings is 1. The summed E-state index contributed by atoms with van der Waals surface area (Å²) in [6.07, 6.45) is 1.83. The zero-order chi connectivity index (χ0) is 19.4. The molecular weight excluding hydrogens is 358 g/mol. The molecule has 0 fully saturated rings. The summed E-state index contributed by atoms with van der Waals surface area (Å²) in [7, 11) is 0. The van der Waals surface area contributed by atoms with Gasteiger partial charge in [-0.15, -0.1) is 0 Å². The van der Waals surface area contributed by atoms with Crippen LogP contribution < -0.4 is 5.56 Å². The van der Waals surface area contributed by atoms with E-state index in [2.05, 4.69) is 32.2 Å². The van der Waals surface area contributed by atoms with Crippen LogP contribution >= 0.6 is 0 Å². The molecule has 0 radical (unpaired) electrons. The molecule has 1 N–H and O–H groups in total. The largest absolute Gasteiger partial charge is 0.339 e. The Labute approximate surface area is 158 Å². The van der Waals surface area contributed by atoms with Crippen molar-refractivity contribution in [1.29, 1.82) is 0 Å². The van der Waals surface area contributed by atoms with E-state index >= 15 is 0 Å². The molecule has 28 heavy (non-hydrogen) atoms. The average Bonchev–Trinajstić information content (AvgIpc) is 3.37. The molecule has 0 spiro atoms. The highest BCUT2D eigenvalue weighted by Gasteiger charge is 2.20. The van der Waals surface area contributed by atoms with Gasteiger partial charge in [-0.25, -0.2) is 0 Å². The third-order valence-electron chi connectivity index (χ3n) is 4.78. The molecule has 0 atom stereocenters. The molecule has 5 rings (SSSR count). The minimum absolute atomic E-state index is 0.237. The number of hydrogen-bond donors (Lipinski definition) is 1. The monoisotopic (exact) mass is 375 g/mol. The fourth-order valence-electron chi connectivity index (χ4n) is 3.47. The first kappa shape index (κ1) is 16.4. The molecule has 0 unspecified atom stereocenters. The fraction of sp³-hybridized carbons (Fsp3) is 0.211. The quantitative estimate of drug-likeness (QED) is 0.520. The Hall–Kier alpha value is -3.75. The van der Waals surface area contributed by atoms with Gasteiger partial charge in [-0.1, -0.05) is 11.2 Å². The van der Waals surface area contributed by atoms with Gasteiger partial charge in [0.1, 0.15) is 5.56 Å². The Bertz CT molecular complexity index is 1400. The van der Waals surface area contributed by atoms with Crippen molar-refractivity contribution in [2.75, 3.05) is 0 Å². The number of aromatic amines is 1. The molecular formula is C19H17N7O2. The molecule has 9 nitrogen and oxygen atoms in total. The number of rotatable bonds is 3. The van der Waals surface area contributed by atoms with Gasteiger partial charge in [0.25, 0.3) is 11.4 Å². The number of nitrogens with one attached hydrogen (secondary N) is 1. The highest BCUT2D eigenvalue weighted by molar-refractivity contribution is 5.84. The van der Waals surface area contributed by atoms with Crippen molar-refractivity contribution in [2.24, 2.45) is 0 Å². The van der Waals surface area contributed by atoms with E-state index in [1.54, 1.807) is 13.8 Å². The molecule has 0 aliphatic rings. The lowest BCUT2D eigenvalue weighted by atomic mass is 10.1. The summed E-state index contributed by atoms with van der Waals surface area (Å²) in [6.45, 7) is 6.40. The second-order valence-electron chi connectivity index (χ2n) is 6.62. The summed E-state index contributed by atoms with van der Waals surface area (Å²) in [5.41, 5.74) is 4.16. The van der Waals surface area contributed by atoms with E-state index in [4.69, 9.17) is 4.52 Å². The summed E-state index contributed by atoms with van der Waals surface area (Å²) in [4.78, 5) is 20.3. The first-order valence-electron chi connectivity index (χ1n) is 8.94. The highest BCUT2D eigenvalue weighted by atomic mass is 16.5. The van der Waals surface area contributed by atoms with E-state index < -0.39 is 0 Å². The van der Waals surface area contributed by atoms with Gasteiger partial charge in [-0.2, -0.15) is 19.7 Å². The molecule has 0 saturated carbocycles. The molecule has 1 aromatic carbocycles. The lowest BCUT2D eigenvalue weighted by molar-refractivity contribution is 0.425. The minimum Gasteiger partial charge on any atom is -0.339 e. The van der Waals surface area contributed by atoms with Gasteiger partial charge in [-0.3, -0.25) is 9.48 Å². The minimum atomic E-state index is -0.237. The van der Waals surface area contributed by atoms with Crippen LogP contribution in [-0.4, -0.2) is 34.5 Å². The number of aryl methyl sites for hydroxylation is 3. The Balaban J connectivity index is 1.74. The van der Waals surface area contributed by atoms with Gasteiger partial charge in [0.2, 0.25) is 0 Å². The third kappa shape index (κ3) is 2.36. The SMILES string of the molecule is CCn1ncc2cc(-c3cc(=O)n4nc(C)c(-c5nc(C)no5)c4[nH]3)ccc21. The van der Waals surface area contributed by atoms with Crippen molar-refractivity contribution >= 4 is 16.6 Å². The van der Waals surface area contributed by atoms with Crippen LogP contribution in [0.1, 0.15) is 18.4 Å². The number of hydrogen-bond acceptors (Lipinski definition) is 6. The second-order valence-corrected chi connectivity index (χ2v) is 6.62. The summed E-state index contributed by atoms with van der Waals surface area (Å²) in [6, 6.07) is 7.52. The lowest BCUT2D eigenvalue weighted by Gasteiger charge is -2.05. The van der Waals surface area contributed by atoms with Crippen LogP contribution in [0.2, 0.25) is 0 Å². The van der Waals surface area contributed by atoms with Gasteiger partial charge in [-0.05, 0) is 38.5 Å². The van der Waals surface area contributed by atoms with Crippen LogP contribution in [0.4, 0.5) is 0 Å². The Morgan fingerprint density at radius 3 is 2.82 bits per heavy atom. The lowest BCUT2D eigenvalue weighted by Crippen LogP contribution is -2.14. The van der Waals surface area contributed by atoms with Crippen molar-refractivity contribution in [2.45, 2.75) is 27.3 Å². The van der Waals surface area contributed by atoms with Gasteiger partial charge in [0.05, 0.1) is 23.1 Å². The van der Waals surface area contributed by atoms with E-state index in [1.807, 2.05) is 29.1 Å². The number of aromatic nitrogens is 7. The molecule has 0 aliphatic carbocycles. The maximum atomic E-state index is 12.7. The van der Waals surface area contributed by atoms with Crippen LogP contribution in [0.15, 0.2) is 39.8 Å². The van der Waals surface area contributed by atoms with Gasteiger partial charge >= 0.3 is 0 Å². The molecule has 4 aromatic heterocycles. The Morgan fingerprint density at radius 1 is 1.21 bits per heavy atom. The average molecular weight is 375 g/mol. The Kier molecular flexibility index (Phi) is 3.45. The maximum Gasteiger partial charge on any atom is 0.274 e. The summed E-state index contributed by atoms with van der Waals surface area (Å²) in [5, 5.41) is 13.6. The maximum absolute atomic E-state index is 12.7. The number of H-pyrrole nitrogens is 1. The summed E-state index contributed by atoms with van der Waals surface area (Å²) in [5.74, 6) is 0.850. The van der Waals surface area contributed by atoms with E-state index in [-0.39, 0.29) is 5.56 Å². The topological polar surface area (TPSA) is 107 Å². The van der Waals surface area contributed by atoms with Gasteiger partial charge in [0.15, 0.2) is 11.5 Å². The summed E-state index contributed by atoms with van der Waals surface area (Å²) >= 11 is 0. The van der Waals surface area contributed by atoms with Crippen molar-refractivity contribution in [3.63, 3.8) is 0 Å². The smallest absolute Gasteiger partial charge is 0.274 e. The fourth-order valence-corrected chi connectivity index (χ4v) is 3.47. The van der Waals surface area contributed by atoms with E-state index in [0.717, 1.165) is 23.0 Å². The molecule has 0 bridgehead atoms. The molecule has 9 heteroatoms. The van der Waals surface area contributed by atoms with Crippen LogP contribution in [-0.2, 0) is 6.54 Å². The molecule has 4 heterocycles. The molecule has 0 saturated heterocycles. The van der Waals surface area contributed by atoms with Crippen molar-refractivity contribution < 1.29 is 4.52 Å². The van der Waals surface area contributed by atoms with E-state index in [0.29, 0.717) is 34.3 Å². The zero-order valence-corrected chi connectivity index (χ0v) is 15.6. The number of fused-ring (bicyclic) bond motifs is 2. The predicted molar refractivity (Wildman–Crippen MR) is 103 cm³/mol. The van der Waals surface area contributed by atoms with E-state index in [9.17, 15) is 4.79 Å². The zero-order valence-electron chi connectivity index (χ0n) is 15.6. The van der Waals surface area contributed by atoms with Crippen molar-refractivity contribution in [3.05, 3.63) is 52.3 Å². The first-order valence-corrected chi connectivity index (χ1v) is 8.94. The first-order chi connectivity index (χ1) is 13.5. The second kappa shape index (κ2) is 5.88. The standard InChI is InChI=1S/C19H17N7O2/c1-4-25-15-6-5-12(7-13(15)9-20-25)14-8-16(27)26-18(22-14)17(10(2)23-26)19-21-11(3)24-28-19/h5-9,22H,4H2,1-3H3. The van der Waals surface area contributed by atoms with Crippen LogP contribution in [0.3, 0.4) is 0 Å². The van der Waals surface area contributed by atoms with Gasteiger partial charge in [0, 0.05) is 18.0 Å².